The van der Waals surface area contributed by atoms with Gasteiger partial charge in [0.15, 0.2) is 0 Å². The van der Waals surface area contributed by atoms with Gasteiger partial charge in [0.2, 0.25) is 14.2 Å². The van der Waals surface area contributed by atoms with Crippen molar-refractivity contribution in [1.82, 2.24) is 4.90 Å². The Morgan fingerprint density at radius 3 is 2.46 bits per heavy atom. The lowest BCUT2D eigenvalue weighted by molar-refractivity contribution is -0.135. The van der Waals surface area contributed by atoms with Crippen molar-refractivity contribution in [2.24, 2.45) is 17.8 Å². The molecule has 0 saturated carbocycles. The summed E-state index contributed by atoms with van der Waals surface area (Å²) in [5.74, 6) is 1.61. The zero-order valence-electron chi connectivity index (χ0n) is 25.1. The van der Waals surface area contributed by atoms with E-state index in [9.17, 15) is 4.79 Å². The minimum absolute atomic E-state index is 0.0767. The molecule has 210 valence electrons. The molecule has 0 unspecified atom stereocenters. The lowest BCUT2D eigenvalue weighted by Gasteiger charge is -2.37. The fourth-order valence-electron chi connectivity index (χ4n) is 4.94. The Balaban J connectivity index is 2.11. The molecule has 0 radical (unpaired) electrons. The van der Waals surface area contributed by atoms with E-state index in [1.54, 1.807) is 0 Å². The second kappa shape index (κ2) is 15.1. The van der Waals surface area contributed by atoms with Crippen molar-refractivity contribution in [2.75, 3.05) is 13.2 Å². The number of benzene rings is 1. The van der Waals surface area contributed by atoms with Gasteiger partial charge in [-0.05, 0) is 66.8 Å². The van der Waals surface area contributed by atoms with Gasteiger partial charge in [0.25, 0.3) is 0 Å². The third kappa shape index (κ3) is 10.6. The van der Waals surface area contributed by atoms with Crippen LogP contribution in [0.4, 0.5) is 0 Å². The molecule has 2 rings (SSSR count). The van der Waals surface area contributed by atoms with Crippen molar-refractivity contribution in [3.8, 4) is 0 Å². The molecular formula is C32H55NO3Si. The molecule has 4 nitrogen and oxygen atoms in total. The highest BCUT2D eigenvalue weighted by molar-refractivity contribution is 6.74. The summed E-state index contributed by atoms with van der Waals surface area (Å²) in [5, 5.41) is 0.152. The van der Waals surface area contributed by atoms with Crippen molar-refractivity contribution in [1.29, 1.82) is 0 Å². The van der Waals surface area contributed by atoms with E-state index in [1.165, 1.54) is 31.2 Å². The van der Waals surface area contributed by atoms with E-state index in [4.69, 9.17) is 9.16 Å². The van der Waals surface area contributed by atoms with Gasteiger partial charge in [-0.3, -0.25) is 4.79 Å². The Labute approximate surface area is 229 Å². The molecule has 1 aromatic carbocycles. The third-order valence-electron chi connectivity index (χ3n) is 8.61. The molecule has 1 amide bonds. The number of hydrogen-bond donors (Lipinski definition) is 0. The fraction of sp³-hybridized carbons (Fsp3) is 0.719. The first-order valence-corrected chi connectivity index (χ1v) is 17.6. The highest BCUT2D eigenvalue weighted by Gasteiger charge is 2.38. The topological polar surface area (TPSA) is 38.8 Å². The van der Waals surface area contributed by atoms with E-state index in [0.29, 0.717) is 25.6 Å². The Hall–Kier alpha value is -1.59. The zero-order valence-corrected chi connectivity index (χ0v) is 26.1. The molecule has 0 aliphatic carbocycles. The molecule has 1 aliphatic rings. The SMILES string of the molecule is CC[C@H]1CCC[C@@H](C)[C@H](/C=C/O[Si](C)(C)C(C)(C)C)N(C(=O)C[C@@H](C)COCc2ccccc2)CCC1. The summed E-state index contributed by atoms with van der Waals surface area (Å²) < 4.78 is 12.4. The average Bonchev–Trinajstić information content (AvgIpc) is 2.83. The fourth-order valence-corrected chi connectivity index (χ4v) is 5.71. The van der Waals surface area contributed by atoms with E-state index >= 15 is 0 Å². The number of hydrogen-bond acceptors (Lipinski definition) is 3. The van der Waals surface area contributed by atoms with Gasteiger partial charge in [0.05, 0.1) is 25.5 Å². The van der Waals surface area contributed by atoms with Crippen LogP contribution >= 0.6 is 0 Å². The van der Waals surface area contributed by atoms with Crippen LogP contribution in [0.1, 0.15) is 92.1 Å². The van der Waals surface area contributed by atoms with E-state index in [1.807, 2.05) is 24.5 Å². The lowest BCUT2D eigenvalue weighted by Crippen LogP contribution is -2.45. The van der Waals surface area contributed by atoms with E-state index in [0.717, 1.165) is 25.3 Å². The normalized spacial score (nSPS) is 23.1. The van der Waals surface area contributed by atoms with Crippen molar-refractivity contribution in [3.05, 3.63) is 48.2 Å². The molecule has 37 heavy (non-hydrogen) atoms. The Morgan fingerprint density at radius 2 is 1.81 bits per heavy atom. The van der Waals surface area contributed by atoms with Gasteiger partial charge < -0.3 is 14.1 Å². The van der Waals surface area contributed by atoms with Gasteiger partial charge in [0.1, 0.15) is 0 Å². The van der Waals surface area contributed by atoms with Crippen LogP contribution in [0.3, 0.4) is 0 Å². The van der Waals surface area contributed by atoms with Crippen LogP contribution in [0.15, 0.2) is 42.7 Å². The smallest absolute Gasteiger partial charge is 0.249 e. The first-order valence-electron chi connectivity index (χ1n) is 14.7. The first-order chi connectivity index (χ1) is 17.4. The predicted octanol–water partition coefficient (Wildman–Crippen LogP) is 8.59. The number of ether oxygens (including phenoxy) is 1. The Kier molecular flexibility index (Phi) is 12.9. The van der Waals surface area contributed by atoms with E-state index < -0.39 is 8.32 Å². The van der Waals surface area contributed by atoms with Gasteiger partial charge in [0, 0.05) is 13.0 Å². The Morgan fingerprint density at radius 1 is 1.14 bits per heavy atom. The number of amides is 1. The first kappa shape index (κ1) is 31.6. The monoisotopic (exact) mass is 529 g/mol. The molecule has 1 aliphatic heterocycles. The molecule has 0 N–H and O–H groups in total. The standard InChI is InChI=1S/C32H55NO3Si/c1-9-28-18-13-15-27(3)30(20-22-36-37(7,8)32(4,5)6)33(21-14-19-28)31(34)23-26(2)24-35-25-29-16-11-10-12-17-29/h10-12,16-17,20,22,26-28,30H,9,13-15,18-19,21,23-25H2,1-8H3/b22-20+/t26-,27-,28+,30+/m1/s1. The summed E-state index contributed by atoms with van der Waals surface area (Å²) in [4.78, 5) is 15.9. The average molecular weight is 530 g/mol. The van der Waals surface area contributed by atoms with E-state index in [2.05, 4.69) is 77.7 Å². The number of carbonyl (C=O) groups excluding carboxylic acids is 1. The summed E-state index contributed by atoms with van der Waals surface area (Å²) in [5.41, 5.74) is 1.17. The summed E-state index contributed by atoms with van der Waals surface area (Å²) >= 11 is 0. The van der Waals surface area contributed by atoms with Gasteiger partial charge >= 0.3 is 0 Å². The maximum Gasteiger partial charge on any atom is 0.249 e. The van der Waals surface area contributed by atoms with Crippen molar-refractivity contribution >= 4 is 14.2 Å². The number of nitrogens with zero attached hydrogens (tertiary/aromatic N) is 1. The molecular weight excluding hydrogens is 474 g/mol. The maximum atomic E-state index is 13.7. The Bertz CT molecular complexity index is 817. The molecule has 4 atom stereocenters. The van der Waals surface area contributed by atoms with Gasteiger partial charge in [-0.2, -0.15) is 0 Å². The molecule has 1 aromatic rings. The van der Waals surface area contributed by atoms with Crippen molar-refractivity contribution in [2.45, 2.75) is 117 Å². The molecule has 0 spiro atoms. The minimum Gasteiger partial charge on any atom is -0.549 e. The number of rotatable bonds is 10. The quantitative estimate of drug-likeness (QED) is 0.225. The van der Waals surface area contributed by atoms with Gasteiger partial charge in [-0.25, -0.2) is 0 Å². The molecule has 1 heterocycles. The second-order valence-electron chi connectivity index (χ2n) is 12.9. The van der Waals surface area contributed by atoms with Crippen LogP contribution < -0.4 is 0 Å². The lowest BCUT2D eigenvalue weighted by atomic mass is 9.87. The van der Waals surface area contributed by atoms with Gasteiger partial charge in [-0.15, -0.1) is 0 Å². The predicted molar refractivity (Wildman–Crippen MR) is 159 cm³/mol. The van der Waals surface area contributed by atoms with Crippen LogP contribution in [0.2, 0.25) is 18.1 Å². The van der Waals surface area contributed by atoms with Crippen LogP contribution in [-0.4, -0.2) is 38.3 Å². The zero-order chi connectivity index (χ0) is 27.5. The molecule has 1 fully saturated rings. The van der Waals surface area contributed by atoms with Crippen LogP contribution in [0.5, 0.6) is 0 Å². The minimum atomic E-state index is -1.89. The molecule has 1 saturated heterocycles. The molecule has 0 aromatic heterocycles. The molecule has 0 bridgehead atoms. The summed E-state index contributed by atoms with van der Waals surface area (Å²) in [6.45, 7) is 20.1. The summed E-state index contributed by atoms with van der Waals surface area (Å²) in [6.07, 6.45) is 11.9. The number of carbonyl (C=O) groups is 1. The maximum absolute atomic E-state index is 13.7. The van der Waals surface area contributed by atoms with Crippen LogP contribution in [0, 0.1) is 17.8 Å². The summed E-state index contributed by atoms with van der Waals surface area (Å²) in [6, 6.07) is 10.3. The van der Waals surface area contributed by atoms with Crippen LogP contribution in [-0.2, 0) is 20.6 Å². The van der Waals surface area contributed by atoms with Crippen LogP contribution in [0.25, 0.3) is 0 Å². The largest absolute Gasteiger partial charge is 0.549 e. The van der Waals surface area contributed by atoms with Crippen molar-refractivity contribution in [3.63, 3.8) is 0 Å². The summed E-state index contributed by atoms with van der Waals surface area (Å²) in [7, 11) is -1.89. The van der Waals surface area contributed by atoms with Crippen molar-refractivity contribution < 1.29 is 14.0 Å². The second-order valence-corrected chi connectivity index (χ2v) is 17.7. The highest BCUT2D eigenvalue weighted by Crippen LogP contribution is 2.37. The molecule has 5 heteroatoms. The van der Waals surface area contributed by atoms with Gasteiger partial charge in [-0.1, -0.05) is 91.1 Å². The highest BCUT2D eigenvalue weighted by atomic mass is 28.4. The van der Waals surface area contributed by atoms with E-state index in [-0.39, 0.29) is 22.9 Å². The third-order valence-corrected chi connectivity index (χ3v) is 12.9.